The van der Waals surface area contributed by atoms with Crippen LogP contribution in [0.25, 0.3) is 0 Å². The Hall–Kier alpha value is -1.20. The minimum absolute atomic E-state index is 0.134. The Labute approximate surface area is 111 Å². The molecule has 0 saturated heterocycles. The number of nitrogens with zero attached hydrogens (tertiary/aromatic N) is 2. The average molecular weight is 295 g/mol. The molecule has 0 saturated carbocycles. The van der Waals surface area contributed by atoms with Crippen molar-refractivity contribution in [3.05, 3.63) is 51.8 Å². The number of benzene rings is 1. The number of alkyl halides is 3. The molecule has 1 aromatic carbocycles. The molecule has 0 amide bonds. The smallest absolute Gasteiger partial charge is 0.268 e. The normalized spacial score (nSPS) is 11.8. The SMILES string of the molecule is FC(F)(F)c1ccn(Cc2cc(Cl)ccc2Cl)n1. The van der Waals surface area contributed by atoms with Crippen LogP contribution in [-0.4, -0.2) is 9.78 Å². The van der Waals surface area contributed by atoms with Crippen molar-refractivity contribution in [1.29, 1.82) is 0 Å². The number of aromatic nitrogens is 2. The number of halogens is 5. The van der Waals surface area contributed by atoms with E-state index >= 15 is 0 Å². The summed E-state index contributed by atoms with van der Waals surface area (Å²) in [4.78, 5) is 0. The molecule has 0 aliphatic heterocycles. The van der Waals surface area contributed by atoms with Crippen LogP contribution in [0, 0.1) is 0 Å². The van der Waals surface area contributed by atoms with E-state index in [9.17, 15) is 13.2 Å². The van der Waals surface area contributed by atoms with Gasteiger partial charge in [0.2, 0.25) is 0 Å². The molecular weight excluding hydrogens is 288 g/mol. The van der Waals surface area contributed by atoms with E-state index in [-0.39, 0.29) is 6.54 Å². The fraction of sp³-hybridized carbons (Fsp3) is 0.182. The van der Waals surface area contributed by atoms with Crippen LogP contribution in [0.3, 0.4) is 0 Å². The lowest BCUT2D eigenvalue weighted by molar-refractivity contribution is -0.141. The Morgan fingerprint density at radius 3 is 2.50 bits per heavy atom. The minimum atomic E-state index is -4.44. The van der Waals surface area contributed by atoms with Crippen LogP contribution in [0.4, 0.5) is 13.2 Å². The van der Waals surface area contributed by atoms with Crippen molar-refractivity contribution in [1.82, 2.24) is 9.78 Å². The lowest BCUT2D eigenvalue weighted by atomic mass is 10.2. The summed E-state index contributed by atoms with van der Waals surface area (Å²) >= 11 is 11.7. The van der Waals surface area contributed by atoms with Gasteiger partial charge in [-0.05, 0) is 29.8 Å². The largest absolute Gasteiger partial charge is 0.435 e. The first kappa shape index (κ1) is 13.2. The van der Waals surface area contributed by atoms with Gasteiger partial charge >= 0.3 is 6.18 Å². The Kier molecular flexibility index (Phi) is 3.54. The Balaban J connectivity index is 2.24. The molecule has 96 valence electrons. The van der Waals surface area contributed by atoms with Crippen molar-refractivity contribution in [3.63, 3.8) is 0 Å². The fourth-order valence-electron chi connectivity index (χ4n) is 1.44. The van der Waals surface area contributed by atoms with Crippen molar-refractivity contribution < 1.29 is 13.2 Å². The number of hydrogen-bond acceptors (Lipinski definition) is 1. The zero-order valence-corrected chi connectivity index (χ0v) is 10.4. The van der Waals surface area contributed by atoms with Crippen LogP contribution in [0.1, 0.15) is 11.3 Å². The molecule has 0 bridgehead atoms. The summed E-state index contributed by atoms with van der Waals surface area (Å²) in [5.41, 5.74) is -0.318. The number of rotatable bonds is 2. The first-order valence-corrected chi connectivity index (χ1v) is 5.66. The summed E-state index contributed by atoms with van der Waals surface area (Å²) in [6.45, 7) is 0.134. The maximum absolute atomic E-state index is 12.4. The maximum atomic E-state index is 12.4. The van der Waals surface area contributed by atoms with Gasteiger partial charge in [-0.1, -0.05) is 23.2 Å². The van der Waals surface area contributed by atoms with Gasteiger partial charge < -0.3 is 0 Å². The third kappa shape index (κ3) is 2.97. The molecule has 1 aromatic heterocycles. The zero-order valence-electron chi connectivity index (χ0n) is 8.88. The molecule has 0 aliphatic carbocycles. The average Bonchev–Trinajstić information content (AvgIpc) is 2.71. The van der Waals surface area contributed by atoms with Gasteiger partial charge in [-0.25, -0.2) is 0 Å². The van der Waals surface area contributed by atoms with Gasteiger partial charge in [0.05, 0.1) is 6.54 Å². The summed E-state index contributed by atoms with van der Waals surface area (Å²) in [7, 11) is 0. The molecular formula is C11H7Cl2F3N2. The van der Waals surface area contributed by atoms with E-state index in [1.54, 1.807) is 18.2 Å². The van der Waals surface area contributed by atoms with Crippen molar-refractivity contribution in [3.8, 4) is 0 Å². The Bertz CT molecular complexity index is 564. The monoisotopic (exact) mass is 294 g/mol. The fourth-order valence-corrected chi connectivity index (χ4v) is 1.81. The summed E-state index contributed by atoms with van der Waals surface area (Å²) in [6, 6.07) is 5.71. The topological polar surface area (TPSA) is 17.8 Å². The van der Waals surface area contributed by atoms with Crippen LogP contribution in [0.5, 0.6) is 0 Å². The molecule has 0 radical (unpaired) electrons. The lowest BCUT2D eigenvalue weighted by Crippen LogP contribution is -2.08. The van der Waals surface area contributed by atoms with Gasteiger partial charge in [0, 0.05) is 16.2 Å². The quantitative estimate of drug-likeness (QED) is 0.809. The van der Waals surface area contributed by atoms with E-state index in [1.807, 2.05) is 0 Å². The second-order valence-corrected chi connectivity index (χ2v) is 4.48. The van der Waals surface area contributed by atoms with E-state index in [4.69, 9.17) is 23.2 Å². The van der Waals surface area contributed by atoms with E-state index < -0.39 is 11.9 Å². The van der Waals surface area contributed by atoms with Gasteiger partial charge in [-0.15, -0.1) is 0 Å². The second kappa shape index (κ2) is 4.82. The van der Waals surface area contributed by atoms with Crippen molar-refractivity contribution >= 4 is 23.2 Å². The zero-order chi connectivity index (χ0) is 13.3. The van der Waals surface area contributed by atoms with Crippen LogP contribution in [-0.2, 0) is 12.7 Å². The Morgan fingerprint density at radius 1 is 1.17 bits per heavy atom. The molecule has 1 heterocycles. The van der Waals surface area contributed by atoms with Crippen LogP contribution >= 0.6 is 23.2 Å². The second-order valence-electron chi connectivity index (χ2n) is 3.63. The third-order valence-corrected chi connectivity index (χ3v) is 2.88. The predicted octanol–water partition coefficient (Wildman–Crippen LogP) is 4.26. The molecule has 7 heteroatoms. The summed E-state index contributed by atoms with van der Waals surface area (Å²) in [6.07, 6.45) is -3.19. The molecule has 0 atom stereocenters. The lowest BCUT2D eigenvalue weighted by Gasteiger charge is -2.06. The molecule has 2 nitrogen and oxygen atoms in total. The van der Waals surface area contributed by atoms with E-state index in [2.05, 4.69) is 5.10 Å². The van der Waals surface area contributed by atoms with Gasteiger partial charge in [0.15, 0.2) is 5.69 Å². The summed E-state index contributed by atoms with van der Waals surface area (Å²) in [5.74, 6) is 0. The molecule has 2 aromatic rings. The highest BCUT2D eigenvalue weighted by atomic mass is 35.5. The van der Waals surface area contributed by atoms with Gasteiger partial charge in [0.25, 0.3) is 0 Å². The first-order chi connectivity index (χ1) is 8.36. The summed E-state index contributed by atoms with van der Waals surface area (Å²) < 4.78 is 38.2. The highest BCUT2D eigenvalue weighted by molar-refractivity contribution is 6.33. The van der Waals surface area contributed by atoms with E-state index in [0.29, 0.717) is 15.6 Å². The van der Waals surface area contributed by atoms with Crippen LogP contribution in [0.2, 0.25) is 10.0 Å². The van der Waals surface area contributed by atoms with Crippen molar-refractivity contribution in [2.24, 2.45) is 0 Å². The van der Waals surface area contributed by atoms with Crippen molar-refractivity contribution in [2.75, 3.05) is 0 Å². The summed E-state index contributed by atoms with van der Waals surface area (Å²) in [5, 5.41) is 4.34. The Morgan fingerprint density at radius 2 is 1.89 bits per heavy atom. The van der Waals surface area contributed by atoms with Crippen LogP contribution < -0.4 is 0 Å². The van der Waals surface area contributed by atoms with Gasteiger partial charge in [-0.3, -0.25) is 4.68 Å². The standard InChI is InChI=1S/C11H7Cl2F3N2/c12-8-1-2-9(13)7(5-8)6-18-4-3-10(17-18)11(14,15)16/h1-5H,6H2. The van der Waals surface area contributed by atoms with E-state index in [1.165, 1.54) is 10.9 Å². The number of hydrogen-bond donors (Lipinski definition) is 0. The predicted molar refractivity (Wildman–Crippen MR) is 62.8 cm³/mol. The molecule has 18 heavy (non-hydrogen) atoms. The van der Waals surface area contributed by atoms with Crippen molar-refractivity contribution in [2.45, 2.75) is 12.7 Å². The van der Waals surface area contributed by atoms with E-state index in [0.717, 1.165) is 6.07 Å². The highest BCUT2D eigenvalue weighted by Gasteiger charge is 2.33. The molecule has 0 unspecified atom stereocenters. The highest BCUT2D eigenvalue weighted by Crippen LogP contribution is 2.28. The molecule has 0 aliphatic rings. The maximum Gasteiger partial charge on any atom is 0.435 e. The third-order valence-electron chi connectivity index (χ3n) is 2.27. The first-order valence-electron chi connectivity index (χ1n) is 4.91. The molecule has 0 spiro atoms. The molecule has 0 N–H and O–H groups in total. The van der Waals surface area contributed by atoms with Gasteiger partial charge in [0.1, 0.15) is 0 Å². The van der Waals surface area contributed by atoms with Crippen LogP contribution in [0.15, 0.2) is 30.5 Å². The molecule has 2 rings (SSSR count). The van der Waals surface area contributed by atoms with Gasteiger partial charge in [-0.2, -0.15) is 18.3 Å². The molecule has 0 fully saturated rings. The minimum Gasteiger partial charge on any atom is -0.268 e.